The Morgan fingerprint density at radius 3 is 2.18 bits per heavy atom. The van der Waals surface area contributed by atoms with Gasteiger partial charge in [-0.2, -0.15) is 5.26 Å². The van der Waals surface area contributed by atoms with Crippen molar-refractivity contribution < 1.29 is 24.3 Å². The summed E-state index contributed by atoms with van der Waals surface area (Å²) < 4.78 is 5.74. The van der Waals surface area contributed by atoms with Crippen LogP contribution in [0.2, 0.25) is 0 Å². The normalized spacial score (nSPS) is 15.8. The summed E-state index contributed by atoms with van der Waals surface area (Å²) in [5.41, 5.74) is 1.44. The number of urea groups is 1. The standard InChI is InChI=1S/C24H26N4O5/c1-4-27-23(31)26(22(30)24(27,2)3)14-20(28(32)16-29)15-33-21-11-9-19(10-12-21)18-7-5-17(13-25)6-8-18/h5-12,16,20,32H,4,14-15H2,1-3H3. The fourth-order valence-electron chi connectivity index (χ4n) is 3.79. The molecule has 9 heteroatoms. The summed E-state index contributed by atoms with van der Waals surface area (Å²) in [4.78, 5) is 39.1. The van der Waals surface area contributed by atoms with Gasteiger partial charge >= 0.3 is 6.03 Å². The highest BCUT2D eigenvalue weighted by Crippen LogP contribution is 2.28. The Balaban J connectivity index is 1.69. The molecular formula is C24H26N4O5. The van der Waals surface area contributed by atoms with Crippen LogP contribution in [0.5, 0.6) is 5.75 Å². The maximum Gasteiger partial charge on any atom is 0.327 e. The first-order valence-electron chi connectivity index (χ1n) is 10.5. The third-order valence-electron chi connectivity index (χ3n) is 5.74. The highest BCUT2D eigenvalue weighted by molar-refractivity contribution is 6.06. The predicted molar refractivity (Wildman–Crippen MR) is 119 cm³/mol. The van der Waals surface area contributed by atoms with Crippen LogP contribution < -0.4 is 4.74 Å². The summed E-state index contributed by atoms with van der Waals surface area (Å²) in [5.74, 6) is 0.0942. The number of ether oxygens (including phenoxy) is 1. The van der Waals surface area contributed by atoms with Crippen LogP contribution in [-0.2, 0) is 9.59 Å². The van der Waals surface area contributed by atoms with Gasteiger partial charge in [0.25, 0.3) is 5.91 Å². The maximum atomic E-state index is 12.8. The molecule has 9 nitrogen and oxygen atoms in total. The molecule has 1 aliphatic rings. The molecule has 2 aromatic carbocycles. The molecule has 1 saturated heterocycles. The Labute approximate surface area is 192 Å². The van der Waals surface area contributed by atoms with Gasteiger partial charge in [0.1, 0.15) is 23.9 Å². The quantitative estimate of drug-likeness (QED) is 0.272. The smallest absolute Gasteiger partial charge is 0.327 e. The molecule has 4 amide bonds. The summed E-state index contributed by atoms with van der Waals surface area (Å²) in [7, 11) is 0. The molecule has 1 fully saturated rings. The van der Waals surface area contributed by atoms with Crippen LogP contribution in [0.3, 0.4) is 0 Å². The fourth-order valence-corrected chi connectivity index (χ4v) is 3.79. The molecule has 1 aliphatic heterocycles. The Hall–Kier alpha value is -3.90. The molecule has 0 spiro atoms. The number of hydrogen-bond acceptors (Lipinski definition) is 6. The fraction of sp³-hybridized carbons (Fsp3) is 0.333. The van der Waals surface area contributed by atoms with Gasteiger partial charge in [-0.3, -0.25) is 19.7 Å². The number of nitrogens with zero attached hydrogens (tertiary/aromatic N) is 4. The van der Waals surface area contributed by atoms with Crippen LogP contribution in [0.4, 0.5) is 4.79 Å². The van der Waals surface area contributed by atoms with E-state index in [-0.39, 0.29) is 19.6 Å². The van der Waals surface area contributed by atoms with Crippen molar-refractivity contribution in [2.45, 2.75) is 32.4 Å². The molecule has 1 N–H and O–H groups in total. The number of imide groups is 1. The highest BCUT2D eigenvalue weighted by Gasteiger charge is 2.51. The molecule has 2 aromatic rings. The van der Waals surface area contributed by atoms with Crippen molar-refractivity contribution in [2.24, 2.45) is 0 Å². The van der Waals surface area contributed by atoms with E-state index in [1.165, 1.54) is 4.90 Å². The van der Waals surface area contributed by atoms with Crippen molar-refractivity contribution in [3.05, 3.63) is 54.1 Å². The van der Waals surface area contributed by atoms with Crippen LogP contribution in [0.1, 0.15) is 26.3 Å². The van der Waals surface area contributed by atoms with E-state index in [9.17, 15) is 19.6 Å². The van der Waals surface area contributed by atoms with E-state index in [0.717, 1.165) is 16.0 Å². The molecule has 1 unspecified atom stereocenters. The van der Waals surface area contributed by atoms with E-state index >= 15 is 0 Å². The Morgan fingerprint density at radius 2 is 1.70 bits per heavy atom. The lowest BCUT2D eigenvalue weighted by Gasteiger charge is -2.26. The molecule has 0 saturated carbocycles. The average Bonchev–Trinajstić information content (AvgIpc) is 2.99. The number of rotatable bonds is 9. The van der Waals surface area contributed by atoms with Crippen molar-refractivity contribution in [3.8, 4) is 22.9 Å². The van der Waals surface area contributed by atoms with Crippen LogP contribution >= 0.6 is 0 Å². The summed E-state index contributed by atoms with van der Waals surface area (Å²) >= 11 is 0. The molecule has 33 heavy (non-hydrogen) atoms. The Bertz CT molecular complexity index is 1060. The second-order valence-corrected chi connectivity index (χ2v) is 8.17. The summed E-state index contributed by atoms with van der Waals surface area (Å²) in [6, 6.07) is 15.0. The second kappa shape index (κ2) is 9.71. The average molecular weight is 450 g/mol. The maximum absolute atomic E-state index is 12.8. The van der Waals surface area contributed by atoms with E-state index in [1.807, 2.05) is 24.3 Å². The monoisotopic (exact) mass is 450 g/mol. The minimum atomic E-state index is -1.00. The molecule has 1 atom stereocenters. The van der Waals surface area contributed by atoms with Gasteiger partial charge in [0.05, 0.1) is 18.2 Å². The summed E-state index contributed by atoms with van der Waals surface area (Å²) in [5, 5.41) is 19.3. The zero-order valence-electron chi connectivity index (χ0n) is 18.8. The van der Waals surface area contributed by atoms with Crippen LogP contribution in [0.15, 0.2) is 48.5 Å². The number of carbonyl (C=O) groups is 3. The zero-order chi connectivity index (χ0) is 24.2. The van der Waals surface area contributed by atoms with Gasteiger partial charge in [0.2, 0.25) is 6.41 Å². The van der Waals surface area contributed by atoms with Gasteiger partial charge in [-0.25, -0.2) is 9.86 Å². The number of carbonyl (C=O) groups excluding carboxylic acids is 3. The third-order valence-corrected chi connectivity index (χ3v) is 5.74. The Kier molecular flexibility index (Phi) is 6.99. The first-order chi connectivity index (χ1) is 15.7. The lowest BCUT2D eigenvalue weighted by atomic mass is 10.0. The first kappa shape index (κ1) is 23.8. The van der Waals surface area contributed by atoms with Gasteiger partial charge in [-0.05, 0) is 56.2 Å². The van der Waals surface area contributed by atoms with Gasteiger partial charge in [-0.15, -0.1) is 0 Å². The van der Waals surface area contributed by atoms with E-state index in [2.05, 4.69) is 6.07 Å². The first-order valence-corrected chi connectivity index (χ1v) is 10.5. The van der Waals surface area contributed by atoms with Gasteiger partial charge in [0, 0.05) is 6.54 Å². The molecule has 1 heterocycles. The van der Waals surface area contributed by atoms with E-state index < -0.39 is 23.5 Å². The molecule has 0 aliphatic carbocycles. The number of nitriles is 1. The zero-order valence-corrected chi connectivity index (χ0v) is 18.8. The SMILES string of the molecule is CCN1C(=O)N(CC(COc2ccc(-c3ccc(C#N)cc3)cc2)N(O)C=O)C(=O)C1(C)C. The van der Waals surface area contributed by atoms with Crippen LogP contribution in [-0.4, -0.2) is 69.7 Å². The topological polar surface area (TPSA) is 114 Å². The summed E-state index contributed by atoms with van der Waals surface area (Å²) in [6.45, 7) is 5.13. The van der Waals surface area contributed by atoms with Gasteiger partial charge in [0.15, 0.2) is 0 Å². The van der Waals surface area contributed by atoms with Crippen molar-refractivity contribution in [2.75, 3.05) is 19.7 Å². The number of amides is 4. The molecule has 0 radical (unpaired) electrons. The van der Waals surface area contributed by atoms with Crippen molar-refractivity contribution >= 4 is 18.3 Å². The molecule has 172 valence electrons. The number of likely N-dealkylation sites (N-methyl/N-ethyl adjacent to an activating group) is 1. The largest absolute Gasteiger partial charge is 0.491 e. The summed E-state index contributed by atoms with van der Waals surface area (Å²) in [6.07, 6.45) is 0.218. The van der Waals surface area contributed by atoms with Crippen molar-refractivity contribution in [3.63, 3.8) is 0 Å². The highest BCUT2D eigenvalue weighted by atomic mass is 16.5. The van der Waals surface area contributed by atoms with E-state index in [0.29, 0.717) is 22.9 Å². The lowest BCUT2D eigenvalue weighted by Crippen LogP contribution is -2.48. The Morgan fingerprint density at radius 1 is 1.12 bits per heavy atom. The number of hydrogen-bond donors (Lipinski definition) is 1. The molecule has 0 bridgehead atoms. The minimum absolute atomic E-state index is 0.130. The molecule has 0 aromatic heterocycles. The molecule has 3 rings (SSSR count). The van der Waals surface area contributed by atoms with E-state index in [4.69, 9.17) is 10.00 Å². The van der Waals surface area contributed by atoms with E-state index in [1.54, 1.807) is 45.0 Å². The number of hydroxylamine groups is 2. The third kappa shape index (κ3) is 4.81. The lowest BCUT2D eigenvalue weighted by molar-refractivity contribution is -0.165. The van der Waals surface area contributed by atoms with Crippen molar-refractivity contribution in [1.29, 1.82) is 5.26 Å². The van der Waals surface area contributed by atoms with Crippen LogP contribution in [0, 0.1) is 11.3 Å². The minimum Gasteiger partial charge on any atom is -0.491 e. The predicted octanol–water partition coefficient (Wildman–Crippen LogP) is 2.88. The van der Waals surface area contributed by atoms with Gasteiger partial charge in [-0.1, -0.05) is 24.3 Å². The van der Waals surface area contributed by atoms with Gasteiger partial charge < -0.3 is 9.64 Å². The van der Waals surface area contributed by atoms with Crippen molar-refractivity contribution in [1.82, 2.24) is 14.9 Å². The molecular weight excluding hydrogens is 424 g/mol. The number of benzene rings is 2. The second-order valence-electron chi connectivity index (χ2n) is 8.17. The van der Waals surface area contributed by atoms with Crippen LogP contribution in [0.25, 0.3) is 11.1 Å².